The molecule has 1 N–H and O–H groups in total. The van der Waals surface area contributed by atoms with Gasteiger partial charge in [-0.3, -0.25) is 9.59 Å². The molecule has 4 heteroatoms. The van der Waals surface area contributed by atoms with Gasteiger partial charge in [-0.2, -0.15) is 0 Å². The van der Waals surface area contributed by atoms with Crippen molar-refractivity contribution in [2.75, 3.05) is 13.1 Å². The van der Waals surface area contributed by atoms with Crippen LogP contribution in [0.25, 0.3) is 0 Å². The van der Waals surface area contributed by atoms with Crippen molar-refractivity contribution in [3.63, 3.8) is 0 Å². The van der Waals surface area contributed by atoms with Gasteiger partial charge >= 0.3 is 0 Å². The lowest BCUT2D eigenvalue weighted by Crippen LogP contribution is -2.53. The predicted molar refractivity (Wildman–Crippen MR) is 80.5 cm³/mol. The number of nitrogens with zero attached hydrogens (tertiary/aromatic N) is 1. The smallest absolute Gasteiger partial charge is 0.240 e. The zero-order valence-corrected chi connectivity index (χ0v) is 12.3. The summed E-state index contributed by atoms with van der Waals surface area (Å²) in [6.07, 6.45) is 5.47. The van der Waals surface area contributed by atoms with Gasteiger partial charge in [0, 0.05) is 12.5 Å². The summed E-state index contributed by atoms with van der Waals surface area (Å²) in [5, 5.41) is 2.99. The Hall–Kier alpha value is -1.84. The van der Waals surface area contributed by atoms with E-state index in [2.05, 4.69) is 5.32 Å². The van der Waals surface area contributed by atoms with E-state index in [1.807, 2.05) is 30.3 Å². The highest BCUT2D eigenvalue weighted by molar-refractivity contribution is 5.87. The molecule has 4 nitrogen and oxygen atoms in total. The van der Waals surface area contributed by atoms with E-state index in [0.29, 0.717) is 6.54 Å². The fourth-order valence-electron chi connectivity index (χ4n) is 3.39. The number of hydrogen-bond acceptors (Lipinski definition) is 2. The van der Waals surface area contributed by atoms with Crippen molar-refractivity contribution in [1.82, 2.24) is 10.2 Å². The molecule has 1 atom stereocenters. The lowest BCUT2D eigenvalue weighted by molar-refractivity contribution is -0.143. The van der Waals surface area contributed by atoms with Crippen LogP contribution in [0.5, 0.6) is 0 Å². The first-order chi connectivity index (χ1) is 10.2. The highest BCUT2D eigenvalue weighted by atomic mass is 16.2. The molecule has 1 aliphatic carbocycles. The van der Waals surface area contributed by atoms with Crippen LogP contribution in [0, 0.1) is 5.92 Å². The lowest BCUT2D eigenvalue weighted by Gasteiger charge is -2.36. The van der Waals surface area contributed by atoms with Crippen molar-refractivity contribution in [2.45, 2.75) is 38.1 Å². The number of piperazine rings is 1. The molecule has 2 amide bonds. The Morgan fingerprint density at radius 1 is 1.10 bits per heavy atom. The second-order valence-electron chi connectivity index (χ2n) is 6.08. The zero-order chi connectivity index (χ0) is 14.7. The molecular weight excluding hydrogens is 264 g/mol. The summed E-state index contributed by atoms with van der Waals surface area (Å²) >= 11 is 0. The number of benzene rings is 1. The highest BCUT2D eigenvalue weighted by Gasteiger charge is 2.32. The molecule has 2 aliphatic rings. The Balaban J connectivity index is 1.71. The molecule has 3 rings (SSSR count). The standard InChI is InChI=1S/C17H22N2O2/c20-16-12-19(17(21)14-9-5-2-6-10-14)11-15(18-16)13-7-3-1-4-8-13/h1,3-4,7-8,14-15H,2,5-6,9-12H2,(H,18,20). The number of carbonyl (C=O) groups excluding carboxylic acids is 2. The number of nitrogens with one attached hydrogen (secondary N) is 1. The lowest BCUT2D eigenvalue weighted by atomic mass is 9.88. The van der Waals surface area contributed by atoms with Gasteiger partial charge in [-0.25, -0.2) is 0 Å². The monoisotopic (exact) mass is 286 g/mol. The first kappa shape index (κ1) is 14.1. The number of hydrogen-bond donors (Lipinski definition) is 1. The van der Waals surface area contributed by atoms with Crippen molar-refractivity contribution < 1.29 is 9.59 Å². The van der Waals surface area contributed by atoms with Crippen LogP contribution in [0.3, 0.4) is 0 Å². The first-order valence-corrected chi connectivity index (χ1v) is 7.87. The van der Waals surface area contributed by atoms with E-state index in [4.69, 9.17) is 0 Å². The minimum Gasteiger partial charge on any atom is -0.346 e. The van der Waals surface area contributed by atoms with Crippen molar-refractivity contribution in [2.24, 2.45) is 5.92 Å². The van der Waals surface area contributed by atoms with E-state index in [0.717, 1.165) is 31.2 Å². The molecule has 1 saturated heterocycles. The Bertz CT molecular complexity index is 509. The van der Waals surface area contributed by atoms with E-state index in [9.17, 15) is 9.59 Å². The van der Waals surface area contributed by atoms with E-state index in [-0.39, 0.29) is 30.3 Å². The predicted octanol–water partition coefficient (Wildman–Crippen LogP) is 2.27. The zero-order valence-electron chi connectivity index (χ0n) is 12.3. The number of carbonyl (C=O) groups is 2. The van der Waals surface area contributed by atoms with Crippen molar-refractivity contribution in [3.8, 4) is 0 Å². The topological polar surface area (TPSA) is 49.4 Å². The quantitative estimate of drug-likeness (QED) is 0.906. The molecule has 1 aliphatic heterocycles. The minimum absolute atomic E-state index is 0.0562. The third kappa shape index (κ3) is 3.26. The summed E-state index contributed by atoms with van der Waals surface area (Å²) in [7, 11) is 0. The summed E-state index contributed by atoms with van der Waals surface area (Å²) in [6.45, 7) is 0.795. The van der Waals surface area contributed by atoms with E-state index >= 15 is 0 Å². The third-order valence-electron chi connectivity index (χ3n) is 4.54. The summed E-state index contributed by atoms with van der Waals surface area (Å²) in [5.74, 6) is 0.241. The van der Waals surface area contributed by atoms with Crippen molar-refractivity contribution in [3.05, 3.63) is 35.9 Å². The van der Waals surface area contributed by atoms with Crippen LogP contribution in [0.15, 0.2) is 30.3 Å². The molecule has 2 fully saturated rings. The molecule has 0 radical (unpaired) electrons. The fourth-order valence-corrected chi connectivity index (χ4v) is 3.39. The largest absolute Gasteiger partial charge is 0.346 e. The molecule has 21 heavy (non-hydrogen) atoms. The maximum Gasteiger partial charge on any atom is 0.240 e. The van der Waals surface area contributed by atoms with Crippen molar-refractivity contribution in [1.29, 1.82) is 0 Å². The molecular formula is C17H22N2O2. The fraction of sp³-hybridized carbons (Fsp3) is 0.529. The third-order valence-corrected chi connectivity index (χ3v) is 4.54. The van der Waals surface area contributed by atoms with Crippen LogP contribution < -0.4 is 5.32 Å². The minimum atomic E-state index is -0.0833. The number of rotatable bonds is 2. The normalized spacial score (nSPS) is 23.7. The van der Waals surface area contributed by atoms with Gasteiger partial charge in [0.1, 0.15) is 0 Å². The van der Waals surface area contributed by atoms with Gasteiger partial charge in [0.2, 0.25) is 11.8 Å². The van der Waals surface area contributed by atoms with E-state index in [1.165, 1.54) is 6.42 Å². The molecule has 0 bridgehead atoms. The Morgan fingerprint density at radius 3 is 2.52 bits per heavy atom. The van der Waals surface area contributed by atoms with Gasteiger partial charge in [-0.05, 0) is 18.4 Å². The van der Waals surface area contributed by atoms with Crippen molar-refractivity contribution >= 4 is 11.8 Å². The van der Waals surface area contributed by atoms with Crippen LogP contribution >= 0.6 is 0 Å². The van der Waals surface area contributed by atoms with Gasteiger partial charge in [0.05, 0.1) is 12.6 Å². The summed E-state index contributed by atoms with van der Waals surface area (Å²) in [4.78, 5) is 26.3. The van der Waals surface area contributed by atoms with E-state index in [1.54, 1.807) is 4.90 Å². The Morgan fingerprint density at radius 2 is 1.81 bits per heavy atom. The van der Waals surface area contributed by atoms with Crippen LogP contribution in [0.2, 0.25) is 0 Å². The van der Waals surface area contributed by atoms with E-state index < -0.39 is 0 Å². The highest BCUT2D eigenvalue weighted by Crippen LogP contribution is 2.27. The molecule has 1 heterocycles. The van der Waals surface area contributed by atoms with Gasteiger partial charge in [0.15, 0.2) is 0 Å². The van der Waals surface area contributed by atoms with Gasteiger partial charge in [-0.15, -0.1) is 0 Å². The average Bonchev–Trinajstić information content (AvgIpc) is 2.55. The summed E-state index contributed by atoms with van der Waals surface area (Å²) in [6, 6.07) is 9.80. The summed E-state index contributed by atoms with van der Waals surface area (Å²) < 4.78 is 0. The van der Waals surface area contributed by atoms with Crippen LogP contribution in [0.1, 0.15) is 43.7 Å². The molecule has 1 aromatic carbocycles. The second-order valence-corrected chi connectivity index (χ2v) is 6.08. The van der Waals surface area contributed by atoms with Crippen LogP contribution in [0.4, 0.5) is 0 Å². The molecule has 1 aromatic rings. The van der Waals surface area contributed by atoms with Crippen LogP contribution in [-0.2, 0) is 9.59 Å². The van der Waals surface area contributed by atoms with Crippen LogP contribution in [-0.4, -0.2) is 29.8 Å². The first-order valence-electron chi connectivity index (χ1n) is 7.87. The average molecular weight is 286 g/mol. The molecule has 0 aromatic heterocycles. The Labute approximate surface area is 125 Å². The van der Waals surface area contributed by atoms with Gasteiger partial charge in [-0.1, -0.05) is 49.6 Å². The molecule has 0 spiro atoms. The molecule has 1 saturated carbocycles. The second kappa shape index (κ2) is 6.29. The maximum absolute atomic E-state index is 12.6. The Kier molecular flexibility index (Phi) is 4.23. The summed E-state index contributed by atoms with van der Waals surface area (Å²) in [5.41, 5.74) is 1.06. The molecule has 112 valence electrons. The number of amides is 2. The SMILES string of the molecule is O=C1CN(C(=O)C2CCCCC2)CC(c2ccccc2)N1. The molecule has 1 unspecified atom stereocenters. The maximum atomic E-state index is 12.6. The van der Waals surface area contributed by atoms with Gasteiger partial charge in [0.25, 0.3) is 0 Å². The van der Waals surface area contributed by atoms with Gasteiger partial charge < -0.3 is 10.2 Å².